The van der Waals surface area contributed by atoms with Crippen LogP contribution >= 0.6 is 15.9 Å². The first-order chi connectivity index (χ1) is 9.73. The van der Waals surface area contributed by atoms with Crippen LogP contribution in [0.5, 0.6) is 0 Å². The van der Waals surface area contributed by atoms with Crippen LogP contribution in [0.3, 0.4) is 0 Å². The number of carboxylic acids is 1. The molecule has 0 bridgehead atoms. The Morgan fingerprint density at radius 1 is 1.38 bits per heavy atom. The fraction of sp³-hybridized carbons (Fsp3) is 0.462. The Morgan fingerprint density at radius 3 is 2.48 bits per heavy atom. The first-order valence-corrected chi connectivity index (χ1v) is 8.76. The van der Waals surface area contributed by atoms with Crippen LogP contribution in [0, 0.1) is 6.92 Å². The van der Waals surface area contributed by atoms with Crippen molar-refractivity contribution in [3.8, 4) is 0 Å². The van der Waals surface area contributed by atoms with Gasteiger partial charge in [0.25, 0.3) is 0 Å². The first-order valence-electron chi connectivity index (χ1n) is 6.52. The SMILES string of the molecule is Cc1c(Br)cc(C(=O)O)cc1S(=O)(=O)N1CCC(N)CC1. The molecule has 0 atom stereocenters. The predicted molar refractivity (Wildman–Crippen MR) is 81.8 cm³/mol. The highest BCUT2D eigenvalue weighted by Crippen LogP contribution is 2.29. The lowest BCUT2D eigenvalue weighted by molar-refractivity contribution is 0.0696. The summed E-state index contributed by atoms with van der Waals surface area (Å²) in [4.78, 5) is 11.1. The number of rotatable bonds is 3. The molecule has 1 saturated heterocycles. The average molecular weight is 377 g/mol. The number of hydrogen-bond acceptors (Lipinski definition) is 4. The minimum Gasteiger partial charge on any atom is -0.478 e. The zero-order valence-corrected chi connectivity index (χ0v) is 13.9. The molecule has 21 heavy (non-hydrogen) atoms. The normalized spacial score (nSPS) is 17.9. The van der Waals surface area contributed by atoms with Gasteiger partial charge in [-0.15, -0.1) is 0 Å². The predicted octanol–water partition coefficient (Wildman–Crippen LogP) is 1.57. The van der Waals surface area contributed by atoms with E-state index in [0.29, 0.717) is 36.0 Å². The van der Waals surface area contributed by atoms with Crippen molar-refractivity contribution in [1.29, 1.82) is 0 Å². The van der Waals surface area contributed by atoms with Gasteiger partial charge in [-0.05, 0) is 37.5 Å². The average Bonchev–Trinajstić information content (AvgIpc) is 2.41. The molecule has 1 aromatic rings. The van der Waals surface area contributed by atoms with E-state index in [4.69, 9.17) is 10.8 Å². The Labute approximate surface area is 132 Å². The third-order valence-electron chi connectivity index (χ3n) is 3.66. The molecular weight excluding hydrogens is 360 g/mol. The highest BCUT2D eigenvalue weighted by molar-refractivity contribution is 9.10. The molecule has 0 aliphatic carbocycles. The second-order valence-corrected chi connectivity index (χ2v) is 7.89. The van der Waals surface area contributed by atoms with Gasteiger partial charge in [-0.3, -0.25) is 0 Å². The zero-order valence-electron chi connectivity index (χ0n) is 11.5. The molecule has 8 heteroatoms. The molecule has 0 unspecified atom stereocenters. The van der Waals surface area contributed by atoms with Gasteiger partial charge >= 0.3 is 5.97 Å². The maximum atomic E-state index is 12.7. The van der Waals surface area contributed by atoms with E-state index in [-0.39, 0.29) is 16.5 Å². The van der Waals surface area contributed by atoms with E-state index in [9.17, 15) is 13.2 Å². The molecule has 116 valence electrons. The van der Waals surface area contributed by atoms with E-state index in [2.05, 4.69) is 15.9 Å². The fourth-order valence-electron chi connectivity index (χ4n) is 2.30. The van der Waals surface area contributed by atoms with Crippen LogP contribution in [0.25, 0.3) is 0 Å². The van der Waals surface area contributed by atoms with Crippen LogP contribution in [0.15, 0.2) is 21.5 Å². The van der Waals surface area contributed by atoms with Crippen molar-refractivity contribution in [3.63, 3.8) is 0 Å². The number of piperidine rings is 1. The van der Waals surface area contributed by atoms with E-state index < -0.39 is 16.0 Å². The molecule has 1 fully saturated rings. The topological polar surface area (TPSA) is 101 Å². The molecule has 0 radical (unpaired) electrons. The van der Waals surface area contributed by atoms with E-state index in [1.165, 1.54) is 16.4 Å². The number of benzene rings is 1. The largest absolute Gasteiger partial charge is 0.478 e. The molecule has 1 heterocycles. The Balaban J connectivity index is 2.47. The van der Waals surface area contributed by atoms with Gasteiger partial charge in [-0.1, -0.05) is 15.9 Å². The van der Waals surface area contributed by atoms with Gasteiger partial charge in [0, 0.05) is 23.6 Å². The summed E-state index contributed by atoms with van der Waals surface area (Å²) < 4.78 is 27.3. The van der Waals surface area contributed by atoms with Crippen LogP contribution in [0.2, 0.25) is 0 Å². The number of nitrogens with zero attached hydrogens (tertiary/aromatic N) is 1. The van der Waals surface area contributed by atoms with Crippen molar-refractivity contribution in [2.75, 3.05) is 13.1 Å². The zero-order chi connectivity index (χ0) is 15.8. The number of sulfonamides is 1. The lowest BCUT2D eigenvalue weighted by atomic mass is 10.1. The molecule has 0 spiro atoms. The summed E-state index contributed by atoms with van der Waals surface area (Å²) in [5.74, 6) is -1.16. The smallest absolute Gasteiger partial charge is 0.335 e. The molecule has 2 rings (SSSR count). The van der Waals surface area contributed by atoms with Crippen molar-refractivity contribution in [1.82, 2.24) is 4.31 Å². The Hall–Kier alpha value is -0.960. The van der Waals surface area contributed by atoms with Crippen LogP contribution in [0.1, 0.15) is 28.8 Å². The first kappa shape index (κ1) is 16.4. The van der Waals surface area contributed by atoms with Gasteiger partial charge in [-0.2, -0.15) is 4.31 Å². The second kappa shape index (κ2) is 6.04. The number of hydrogen-bond donors (Lipinski definition) is 2. The Kier molecular flexibility index (Phi) is 4.72. The number of aromatic carboxylic acids is 1. The number of carboxylic acid groups (broad SMARTS) is 1. The summed E-state index contributed by atoms with van der Waals surface area (Å²) in [6.45, 7) is 2.37. The molecule has 3 N–H and O–H groups in total. The van der Waals surface area contributed by atoms with Crippen LogP contribution in [0.4, 0.5) is 0 Å². The van der Waals surface area contributed by atoms with Gasteiger partial charge < -0.3 is 10.8 Å². The summed E-state index contributed by atoms with van der Waals surface area (Å²) >= 11 is 3.22. The van der Waals surface area contributed by atoms with E-state index >= 15 is 0 Å². The molecule has 0 amide bonds. The van der Waals surface area contributed by atoms with Gasteiger partial charge in [0.15, 0.2) is 0 Å². The van der Waals surface area contributed by atoms with Gasteiger partial charge in [0.1, 0.15) is 0 Å². The van der Waals surface area contributed by atoms with Gasteiger partial charge in [0.05, 0.1) is 10.5 Å². The van der Waals surface area contributed by atoms with Crippen LogP contribution < -0.4 is 5.73 Å². The highest BCUT2D eigenvalue weighted by atomic mass is 79.9. The number of carbonyl (C=O) groups is 1. The van der Waals surface area contributed by atoms with Crippen molar-refractivity contribution < 1.29 is 18.3 Å². The van der Waals surface area contributed by atoms with E-state index in [0.717, 1.165) is 0 Å². The quantitative estimate of drug-likeness (QED) is 0.833. The minimum absolute atomic E-state index is 0.0228. The molecular formula is C13H17BrN2O4S. The fourth-order valence-corrected chi connectivity index (χ4v) is 4.63. The monoisotopic (exact) mass is 376 g/mol. The van der Waals surface area contributed by atoms with E-state index in [1.54, 1.807) is 6.92 Å². The van der Waals surface area contributed by atoms with Gasteiger partial charge in [-0.25, -0.2) is 13.2 Å². The molecule has 0 saturated carbocycles. The van der Waals surface area contributed by atoms with Gasteiger partial charge in [0.2, 0.25) is 10.0 Å². The third kappa shape index (κ3) is 3.28. The molecule has 1 aliphatic heterocycles. The van der Waals surface area contributed by atoms with Crippen molar-refractivity contribution >= 4 is 31.9 Å². The maximum Gasteiger partial charge on any atom is 0.335 e. The summed E-state index contributed by atoms with van der Waals surface area (Å²) in [6.07, 6.45) is 1.22. The number of halogens is 1. The minimum atomic E-state index is -3.71. The summed E-state index contributed by atoms with van der Waals surface area (Å²) in [5, 5.41) is 9.09. The maximum absolute atomic E-state index is 12.7. The molecule has 1 aliphatic rings. The number of nitrogens with two attached hydrogens (primary N) is 1. The lowest BCUT2D eigenvalue weighted by Gasteiger charge is -2.30. The van der Waals surface area contributed by atoms with Crippen molar-refractivity contribution in [2.45, 2.75) is 30.7 Å². The van der Waals surface area contributed by atoms with E-state index in [1.807, 2.05) is 0 Å². The van der Waals surface area contributed by atoms with Crippen molar-refractivity contribution in [3.05, 3.63) is 27.7 Å². The van der Waals surface area contributed by atoms with Crippen molar-refractivity contribution in [2.24, 2.45) is 5.73 Å². The third-order valence-corrected chi connectivity index (χ3v) is 6.51. The molecule has 6 nitrogen and oxygen atoms in total. The summed E-state index contributed by atoms with van der Waals surface area (Å²) in [6, 6.07) is 2.64. The summed E-state index contributed by atoms with van der Waals surface area (Å²) in [5.41, 5.74) is 6.24. The standard InChI is InChI=1S/C13H17BrN2O4S/c1-8-11(14)6-9(13(17)18)7-12(8)21(19,20)16-4-2-10(15)3-5-16/h6-7,10H,2-5,15H2,1H3,(H,17,18). The molecule has 0 aromatic heterocycles. The van der Waals surface area contributed by atoms with Crippen LogP contribution in [-0.2, 0) is 10.0 Å². The Morgan fingerprint density at radius 2 is 1.95 bits per heavy atom. The van der Waals surface area contributed by atoms with Crippen LogP contribution in [-0.4, -0.2) is 42.9 Å². The second-order valence-electron chi connectivity index (χ2n) is 5.13. The Bertz CT molecular complexity index is 667. The summed E-state index contributed by atoms with van der Waals surface area (Å²) in [7, 11) is -3.71. The molecule has 1 aromatic carbocycles. The highest BCUT2D eigenvalue weighted by Gasteiger charge is 2.30. The lowest BCUT2D eigenvalue weighted by Crippen LogP contribution is -2.43.